The van der Waals surface area contributed by atoms with Crippen molar-refractivity contribution < 1.29 is 4.39 Å². The van der Waals surface area contributed by atoms with E-state index in [4.69, 9.17) is 0 Å². The second-order valence-electron chi connectivity index (χ2n) is 3.85. The van der Waals surface area contributed by atoms with Crippen molar-refractivity contribution >= 4 is 15.9 Å². The Morgan fingerprint density at radius 2 is 1.82 bits per heavy atom. The minimum absolute atomic E-state index is 0.199. The van der Waals surface area contributed by atoms with Crippen LogP contribution in [0, 0.1) is 5.82 Å². The van der Waals surface area contributed by atoms with Gasteiger partial charge in [-0.3, -0.25) is 0 Å². The third-order valence-electron chi connectivity index (χ3n) is 2.57. The van der Waals surface area contributed by atoms with Gasteiger partial charge in [0.05, 0.1) is 0 Å². The molecule has 0 spiro atoms. The Balaban J connectivity index is 2.36. The minimum Gasteiger partial charge on any atom is -0.316 e. The molecular weight excluding hydrogens is 281 g/mol. The molecule has 0 aliphatic heterocycles. The summed E-state index contributed by atoms with van der Waals surface area (Å²) in [6.45, 7) is 0.821. The number of hydrogen-bond acceptors (Lipinski definition) is 1. The molecule has 0 radical (unpaired) electrons. The quantitative estimate of drug-likeness (QED) is 0.903. The monoisotopic (exact) mass is 293 g/mol. The van der Waals surface area contributed by atoms with Crippen LogP contribution in [0.15, 0.2) is 46.9 Å². The molecule has 17 heavy (non-hydrogen) atoms. The van der Waals surface area contributed by atoms with Crippen LogP contribution in [0.5, 0.6) is 0 Å². The fraction of sp³-hybridized carbons (Fsp3) is 0.143. The van der Waals surface area contributed by atoms with Gasteiger partial charge in [-0.2, -0.15) is 0 Å². The smallest absolute Gasteiger partial charge is 0.131 e. The molecule has 0 saturated carbocycles. The number of nitrogens with one attached hydrogen (secondary N) is 1. The average Bonchev–Trinajstić information content (AvgIpc) is 2.34. The molecule has 3 heteroatoms. The van der Waals surface area contributed by atoms with Gasteiger partial charge in [0, 0.05) is 16.6 Å². The predicted molar refractivity (Wildman–Crippen MR) is 72.3 cm³/mol. The molecule has 0 heterocycles. The van der Waals surface area contributed by atoms with Gasteiger partial charge >= 0.3 is 0 Å². The van der Waals surface area contributed by atoms with E-state index in [0.29, 0.717) is 5.56 Å². The summed E-state index contributed by atoms with van der Waals surface area (Å²) in [6, 6.07) is 12.9. The molecule has 88 valence electrons. The molecule has 0 aliphatic carbocycles. The maximum absolute atomic E-state index is 13.7. The van der Waals surface area contributed by atoms with Crippen molar-refractivity contribution in [2.24, 2.45) is 0 Å². The normalized spacial score (nSPS) is 10.5. The van der Waals surface area contributed by atoms with E-state index in [1.54, 1.807) is 12.1 Å². The topological polar surface area (TPSA) is 12.0 Å². The highest BCUT2D eigenvalue weighted by molar-refractivity contribution is 9.10. The first-order chi connectivity index (χ1) is 8.20. The molecule has 2 aromatic rings. The number of benzene rings is 2. The Kier molecular flexibility index (Phi) is 3.92. The van der Waals surface area contributed by atoms with Gasteiger partial charge < -0.3 is 5.32 Å². The lowest BCUT2D eigenvalue weighted by atomic mass is 10.0. The van der Waals surface area contributed by atoms with Crippen molar-refractivity contribution in [1.29, 1.82) is 0 Å². The number of hydrogen-bond donors (Lipinski definition) is 1. The molecule has 2 rings (SSSR count). The van der Waals surface area contributed by atoms with Crippen LogP contribution >= 0.6 is 15.9 Å². The van der Waals surface area contributed by atoms with Crippen LogP contribution in [0.3, 0.4) is 0 Å². The van der Waals surface area contributed by atoms with Crippen LogP contribution in [0.2, 0.25) is 0 Å². The van der Waals surface area contributed by atoms with Crippen molar-refractivity contribution in [2.45, 2.75) is 6.54 Å². The maximum Gasteiger partial charge on any atom is 0.131 e. The highest BCUT2D eigenvalue weighted by atomic mass is 79.9. The van der Waals surface area contributed by atoms with Crippen LogP contribution in [-0.2, 0) is 6.54 Å². The van der Waals surface area contributed by atoms with Gasteiger partial charge in [0.25, 0.3) is 0 Å². The first-order valence-corrected chi connectivity index (χ1v) is 6.19. The third kappa shape index (κ3) is 2.93. The van der Waals surface area contributed by atoms with E-state index in [1.807, 2.05) is 31.3 Å². The summed E-state index contributed by atoms with van der Waals surface area (Å²) in [7, 11) is 1.90. The summed E-state index contributed by atoms with van der Waals surface area (Å²) in [6.07, 6.45) is 0. The van der Waals surface area contributed by atoms with E-state index in [9.17, 15) is 4.39 Å². The molecule has 2 aromatic carbocycles. The van der Waals surface area contributed by atoms with Crippen LogP contribution in [0.25, 0.3) is 11.1 Å². The second-order valence-corrected chi connectivity index (χ2v) is 4.77. The van der Waals surface area contributed by atoms with E-state index in [-0.39, 0.29) is 5.82 Å². The molecule has 0 saturated heterocycles. The summed E-state index contributed by atoms with van der Waals surface area (Å²) in [4.78, 5) is 0. The van der Waals surface area contributed by atoms with Gasteiger partial charge in [0.15, 0.2) is 0 Å². The van der Waals surface area contributed by atoms with E-state index in [0.717, 1.165) is 16.6 Å². The van der Waals surface area contributed by atoms with Crippen LogP contribution in [0.1, 0.15) is 5.56 Å². The van der Waals surface area contributed by atoms with Gasteiger partial charge in [-0.25, -0.2) is 4.39 Å². The van der Waals surface area contributed by atoms with Crippen molar-refractivity contribution in [3.05, 3.63) is 58.3 Å². The Morgan fingerprint density at radius 3 is 2.47 bits per heavy atom. The van der Waals surface area contributed by atoms with Crippen LogP contribution in [0.4, 0.5) is 4.39 Å². The molecule has 0 fully saturated rings. The fourth-order valence-corrected chi connectivity index (χ4v) is 2.09. The summed E-state index contributed by atoms with van der Waals surface area (Å²) in [5.41, 5.74) is 2.70. The average molecular weight is 294 g/mol. The highest BCUT2D eigenvalue weighted by Crippen LogP contribution is 2.26. The molecule has 0 atom stereocenters. The molecular formula is C14H13BrFN. The Labute approximate surface area is 109 Å². The first-order valence-electron chi connectivity index (χ1n) is 5.39. The van der Waals surface area contributed by atoms with Crippen molar-refractivity contribution in [3.63, 3.8) is 0 Å². The minimum atomic E-state index is -0.199. The summed E-state index contributed by atoms with van der Waals surface area (Å²) in [5, 5.41) is 3.08. The van der Waals surface area contributed by atoms with Gasteiger partial charge in [0.1, 0.15) is 5.82 Å². The van der Waals surface area contributed by atoms with Gasteiger partial charge in [-0.1, -0.05) is 40.2 Å². The zero-order valence-corrected chi connectivity index (χ0v) is 11.1. The van der Waals surface area contributed by atoms with Crippen molar-refractivity contribution in [3.8, 4) is 11.1 Å². The molecule has 0 aromatic heterocycles. The molecule has 0 bridgehead atoms. The molecule has 1 nitrogen and oxygen atoms in total. The SMILES string of the molecule is CNCc1ccc(-c2cc(Br)ccc2F)cc1. The Bertz CT molecular complexity index is 508. The lowest BCUT2D eigenvalue weighted by Gasteiger charge is -2.06. The second kappa shape index (κ2) is 5.43. The van der Waals surface area contributed by atoms with E-state index < -0.39 is 0 Å². The van der Waals surface area contributed by atoms with Crippen molar-refractivity contribution in [2.75, 3.05) is 7.05 Å². The lowest BCUT2D eigenvalue weighted by molar-refractivity contribution is 0.631. The standard InChI is InChI=1S/C14H13BrFN/c1-17-9-10-2-4-11(5-3-10)13-8-12(15)6-7-14(13)16/h2-8,17H,9H2,1H3. The van der Waals surface area contributed by atoms with Gasteiger partial charge in [0.2, 0.25) is 0 Å². The first kappa shape index (κ1) is 12.3. The van der Waals surface area contributed by atoms with E-state index >= 15 is 0 Å². The van der Waals surface area contributed by atoms with Crippen LogP contribution in [-0.4, -0.2) is 7.05 Å². The highest BCUT2D eigenvalue weighted by Gasteiger charge is 2.05. The largest absolute Gasteiger partial charge is 0.316 e. The van der Waals surface area contributed by atoms with E-state index in [1.165, 1.54) is 11.6 Å². The Hall–Kier alpha value is -1.19. The Morgan fingerprint density at radius 1 is 1.12 bits per heavy atom. The van der Waals surface area contributed by atoms with Crippen LogP contribution < -0.4 is 5.32 Å². The summed E-state index contributed by atoms with van der Waals surface area (Å²) in [5.74, 6) is -0.199. The molecule has 0 unspecified atom stereocenters. The number of halogens is 2. The zero-order chi connectivity index (χ0) is 12.3. The maximum atomic E-state index is 13.7. The molecule has 1 N–H and O–H groups in total. The van der Waals surface area contributed by atoms with Crippen molar-refractivity contribution in [1.82, 2.24) is 5.32 Å². The molecule has 0 aliphatic rings. The lowest BCUT2D eigenvalue weighted by Crippen LogP contribution is -2.04. The third-order valence-corrected chi connectivity index (χ3v) is 3.07. The fourth-order valence-electron chi connectivity index (χ4n) is 1.72. The van der Waals surface area contributed by atoms with Gasteiger partial charge in [-0.15, -0.1) is 0 Å². The van der Waals surface area contributed by atoms with E-state index in [2.05, 4.69) is 21.2 Å². The summed E-state index contributed by atoms with van der Waals surface area (Å²) >= 11 is 3.36. The predicted octanol–water partition coefficient (Wildman–Crippen LogP) is 3.97. The summed E-state index contributed by atoms with van der Waals surface area (Å²) < 4.78 is 14.6. The number of rotatable bonds is 3. The molecule has 0 amide bonds. The zero-order valence-electron chi connectivity index (χ0n) is 9.50. The van der Waals surface area contributed by atoms with Gasteiger partial charge in [-0.05, 0) is 36.4 Å².